The van der Waals surface area contributed by atoms with Crippen LogP contribution >= 0.6 is 11.3 Å². The van der Waals surface area contributed by atoms with Gasteiger partial charge in [0, 0.05) is 30.4 Å². The number of carbonyl (C=O) groups is 2. The van der Waals surface area contributed by atoms with Crippen molar-refractivity contribution in [2.45, 2.75) is 32.6 Å². The Kier molecular flexibility index (Phi) is 6.45. The van der Waals surface area contributed by atoms with Crippen molar-refractivity contribution in [1.82, 2.24) is 15.1 Å². The fourth-order valence-electron chi connectivity index (χ4n) is 3.59. The van der Waals surface area contributed by atoms with Crippen LogP contribution in [0, 0.1) is 19.7 Å². The summed E-state index contributed by atoms with van der Waals surface area (Å²) < 4.78 is 13.0. The number of amides is 3. The minimum absolute atomic E-state index is 0.0270. The van der Waals surface area contributed by atoms with Gasteiger partial charge in [-0.05, 0) is 74.2 Å². The molecule has 32 heavy (non-hydrogen) atoms. The lowest BCUT2D eigenvalue weighted by Crippen LogP contribution is -2.41. The van der Waals surface area contributed by atoms with E-state index in [1.807, 2.05) is 32.0 Å². The molecule has 1 saturated heterocycles. The summed E-state index contributed by atoms with van der Waals surface area (Å²) >= 11 is 1.22. The Labute approximate surface area is 189 Å². The Morgan fingerprint density at radius 3 is 2.53 bits per heavy atom. The average molecular weight is 454 g/mol. The second-order valence-corrected chi connectivity index (χ2v) is 8.93. The number of likely N-dealkylation sites (tertiary alicyclic amines) is 1. The molecule has 166 valence electrons. The van der Waals surface area contributed by atoms with Gasteiger partial charge in [-0.1, -0.05) is 17.4 Å². The highest BCUT2D eigenvalue weighted by Crippen LogP contribution is 2.30. The normalized spacial score (nSPS) is 16.0. The second-order valence-electron chi connectivity index (χ2n) is 7.92. The molecule has 0 saturated carbocycles. The summed E-state index contributed by atoms with van der Waals surface area (Å²) in [6.45, 7) is 5.24. The number of hydrogen-bond acceptors (Lipinski definition) is 5. The largest absolute Gasteiger partial charge is 0.324 e. The Bertz CT molecular complexity index is 1130. The van der Waals surface area contributed by atoms with Gasteiger partial charge in [0.25, 0.3) is 5.91 Å². The number of hydrogen-bond donors (Lipinski definition) is 2. The lowest BCUT2D eigenvalue weighted by molar-refractivity contribution is 0.102. The van der Waals surface area contributed by atoms with E-state index >= 15 is 0 Å². The number of nitrogens with zero attached hydrogens (tertiary/aromatic N) is 3. The minimum atomic E-state index is -0.388. The van der Waals surface area contributed by atoms with E-state index in [1.165, 1.54) is 41.2 Å². The number of piperidine rings is 1. The number of rotatable bonds is 4. The van der Waals surface area contributed by atoms with E-state index in [9.17, 15) is 14.0 Å². The first kappa shape index (κ1) is 21.9. The standard InChI is InChI=1S/C23H24FN5O2S/c1-14-5-8-19(12-15(14)2)26-23(31)29-11-3-4-16(13-29)21-27-28-22(32-21)20(30)25-18-9-6-17(24)7-10-18/h5-10,12,16H,3-4,11,13H2,1-2H3,(H,25,30)(H,26,31)/t16-/m0/s1. The Balaban J connectivity index is 1.38. The lowest BCUT2D eigenvalue weighted by atomic mass is 9.99. The zero-order valence-electron chi connectivity index (χ0n) is 17.9. The third-order valence-electron chi connectivity index (χ3n) is 5.55. The van der Waals surface area contributed by atoms with Crippen LogP contribution in [0.5, 0.6) is 0 Å². The molecule has 2 heterocycles. The van der Waals surface area contributed by atoms with Gasteiger partial charge in [-0.2, -0.15) is 0 Å². The molecule has 1 aromatic heterocycles. The van der Waals surface area contributed by atoms with Crippen molar-refractivity contribution >= 4 is 34.6 Å². The molecule has 1 fully saturated rings. The van der Waals surface area contributed by atoms with Gasteiger partial charge < -0.3 is 15.5 Å². The first-order chi connectivity index (χ1) is 15.4. The molecule has 0 spiro atoms. The van der Waals surface area contributed by atoms with Gasteiger partial charge in [0.15, 0.2) is 0 Å². The number of anilines is 2. The third-order valence-corrected chi connectivity index (χ3v) is 6.64. The van der Waals surface area contributed by atoms with Gasteiger partial charge in [-0.15, -0.1) is 10.2 Å². The molecule has 0 unspecified atom stereocenters. The number of carbonyl (C=O) groups excluding carboxylic acids is 2. The molecule has 3 aromatic rings. The number of nitrogens with one attached hydrogen (secondary N) is 2. The zero-order valence-corrected chi connectivity index (χ0v) is 18.7. The van der Waals surface area contributed by atoms with Crippen LogP contribution in [0.3, 0.4) is 0 Å². The molecule has 4 rings (SSSR count). The summed E-state index contributed by atoms with van der Waals surface area (Å²) in [7, 11) is 0. The van der Waals surface area contributed by atoms with Crippen molar-refractivity contribution in [3.8, 4) is 0 Å². The van der Waals surface area contributed by atoms with Crippen LogP contribution < -0.4 is 10.6 Å². The smallest absolute Gasteiger partial charge is 0.321 e. The van der Waals surface area contributed by atoms with E-state index in [4.69, 9.17) is 0 Å². The van der Waals surface area contributed by atoms with E-state index < -0.39 is 0 Å². The molecule has 1 aliphatic rings. The minimum Gasteiger partial charge on any atom is -0.324 e. The Morgan fingerprint density at radius 2 is 1.78 bits per heavy atom. The van der Waals surface area contributed by atoms with E-state index in [1.54, 1.807) is 4.90 Å². The van der Waals surface area contributed by atoms with Gasteiger partial charge in [0.1, 0.15) is 10.8 Å². The van der Waals surface area contributed by atoms with Crippen molar-refractivity contribution in [2.75, 3.05) is 23.7 Å². The Hall–Kier alpha value is -3.33. The van der Waals surface area contributed by atoms with Gasteiger partial charge in [0.2, 0.25) is 5.01 Å². The second kappa shape index (κ2) is 9.44. The van der Waals surface area contributed by atoms with E-state index in [-0.39, 0.29) is 28.7 Å². The summed E-state index contributed by atoms with van der Waals surface area (Å²) in [4.78, 5) is 27.0. The van der Waals surface area contributed by atoms with Crippen molar-refractivity contribution in [3.05, 3.63) is 69.4 Å². The summed E-state index contributed by atoms with van der Waals surface area (Å²) in [6.07, 6.45) is 1.73. The van der Waals surface area contributed by atoms with E-state index in [0.29, 0.717) is 18.8 Å². The molecule has 2 aromatic carbocycles. The lowest BCUT2D eigenvalue weighted by Gasteiger charge is -2.31. The zero-order chi connectivity index (χ0) is 22.7. The number of halogens is 1. The fourth-order valence-corrected chi connectivity index (χ4v) is 4.46. The first-order valence-corrected chi connectivity index (χ1v) is 11.2. The molecule has 1 atom stereocenters. The van der Waals surface area contributed by atoms with E-state index in [0.717, 1.165) is 29.1 Å². The monoisotopic (exact) mass is 453 g/mol. The number of aromatic nitrogens is 2. The molecular weight excluding hydrogens is 429 g/mol. The third kappa shape index (κ3) is 5.11. The van der Waals surface area contributed by atoms with Gasteiger partial charge >= 0.3 is 6.03 Å². The maximum absolute atomic E-state index is 13.0. The van der Waals surface area contributed by atoms with Crippen molar-refractivity contribution in [1.29, 1.82) is 0 Å². The number of urea groups is 1. The predicted molar refractivity (Wildman–Crippen MR) is 123 cm³/mol. The molecule has 0 radical (unpaired) electrons. The van der Waals surface area contributed by atoms with Gasteiger partial charge in [-0.25, -0.2) is 9.18 Å². The van der Waals surface area contributed by atoms with Crippen LogP contribution in [0.25, 0.3) is 0 Å². The van der Waals surface area contributed by atoms with Gasteiger partial charge in [0.05, 0.1) is 0 Å². The van der Waals surface area contributed by atoms with Crippen LogP contribution in [0.1, 0.15) is 44.7 Å². The first-order valence-electron chi connectivity index (χ1n) is 10.4. The van der Waals surface area contributed by atoms with Crippen LogP contribution in [0.2, 0.25) is 0 Å². The van der Waals surface area contributed by atoms with Crippen molar-refractivity contribution in [2.24, 2.45) is 0 Å². The molecule has 0 bridgehead atoms. The topological polar surface area (TPSA) is 87.2 Å². The maximum Gasteiger partial charge on any atom is 0.321 e. The quantitative estimate of drug-likeness (QED) is 0.585. The maximum atomic E-state index is 13.0. The van der Waals surface area contributed by atoms with Crippen molar-refractivity contribution < 1.29 is 14.0 Å². The van der Waals surface area contributed by atoms with E-state index in [2.05, 4.69) is 20.8 Å². The number of aryl methyl sites for hydroxylation is 2. The fraction of sp³-hybridized carbons (Fsp3) is 0.304. The van der Waals surface area contributed by atoms with Gasteiger partial charge in [-0.3, -0.25) is 4.79 Å². The molecule has 2 N–H and O–H groups in total. The predicted octanol–water partition coefficient (Wildman–Crippen LogP) is 4.96. The molecule has 1 aliphatic heterocycles. The van der Waals surface area contributed by atoms with Crippen LogP contribution in [0.4, 0.5) is 20.6 Å². The summed E-state index contributed by atoms with van der Waals surface area (Å²) in [5.41, 5.74) is 3.56. The highest BCUT2D eigenvalue weighted by molar-refractivity contribution is 7.13. The SMILES string of the molecule is Cc1ccc(NC(=O)N2CCC[C@H](c3nnc(C(=O)Nc4ccc(F)cc4)s3)C2)cc1C. The van der Waals surface area contributed by atoms with Crippen LogP contribution in [-0.4, -0.2) is 40.1 Å². The average Bonchev–Trinajstić information content (AvgIpc) is 3.28. The summed E-state index contributed by atoms with van der Waals surface area (Å²) in [5.74, 6) is -0.732. The molecule has 0 aliphatic carbocycles. The highest BCUT2D eigenvalue weighted by Gasteiger charge is 2.28. The molecular formula is C23H24FN5O2S. The van der Waals surface area contributed by atoms with Crippen molar-refractivity contribution in [3.63, 3.8) is 0 Å². The van der Waals surface area contributed by atoms with Crippen LogP contribution in [-0.2, 0) is 0 Å². The molecule has 9 heteroatoms. The molecule has 7 nitrogen and oxygen atoms in total. The summed E-state index contributed by atoms with van der Waals surface area (Å²) in [5, 5.41) is 14.9. The number of benzene rings is 2. The molecule has 3 amide bonds. The van der Waals surface area contributed by atoms with Crippen LogP contribution in [0.15, 0.2) is 42.5 Å². The highest BCUT2D eigenvalue weighted by atomic mass is 32.1. The summed E-state index contributed by atoms with van der Waals surface area (Å²) in [6, 6.07) is 11.2. The Morgan fingerprint density at radius 1 is 1.03 bits per heavy atom.